The molecule has 178 valence electrons. The van der Waals surface area contributed by atoms with Gasteiger partial charge in [0.25, 0.3) is 0 Å². The van der Waals surface area contributed by atoms with Gasteiger partial charge in [0.05, 0.1) is 10.9 Å². The third kappa shape index (κ3) is 6.33. The Morgan fingerprint density at radius 1 is 1.03 bits per heavy atom. The highest BCUT2D eigenvalue weighted by molar-refractivity contribution is 7.89. The Labute approximate surface area is 198 Å². The van der Waals surface area contributed by atoms with E-state index in [0.717, 1.165) is 36.8 Å². The van der Waals surface area contributed by atoms with Crippen molar-refractivity contribution in [1.82, 2.24) is 4.72 Å². The fraction of sp³-hybridized carbons (Fsp3) is 0.444. The lowest BCUT2D eigenvalue weighted by Gasteiger charge is -2.35. The van der Waals surface area contributed by atoms with E-state index in [9.17, 15) is 13.2 Å². The molecule has 0 heterocycles. The summed E-state index contributed by atoms with van der Waals surface area (Å²) in [7, 11) is -3.84. The van der Waals surface area contributed by atoms with Crippen molar-refractivity contribution in [2.24, 2.45) is 5.41 Å². The lowest BCUT2D eigenvalue weighted by molar-refractivity contribution is -0.147. The van der Waals surface area contributed by atoms with Gasteiger partial charge in [-0.25, -0.2) is 17.9 Å². The second-order valence-electron chi connectivity index (χ2n) is 10.0. The summed E-state index contributed by atoms with van der Waals surface area (Å²) in [4.78, 5) is 13.3. The molecule has 1 saturated carbocycles. The molecule has 0 saturated heterocycles. The van der Waals surface area contributed by atoms with Crippen LogP contribution in [0.15, 0.2) is 71.6 Å². The molecule has 1 fully saturated rings. The summed E-state index contributed by atoms with van der Waals surface area (Å²) in [5.74, 6) is -0.414. The summed E-state index contributed by atoms with van der Waals surface area (Å²) >= 11 is 0. The number of carbonyl (C=O) groups excluding carboxylic acids is 1. The summed E-state index contributed by atoms with van der Waals surface area (Å²) < 4.78 is 34.8. The van der Waals surface area contributed by atoms with Crippen LogP contribution in [0.1, 0.15) is 63.5 Å². The molecule has 1 N–H and O–H groups in total. The first-order valence-electron chi connectivity index (χ1n) is 11.5. The van der Waals surface area contributed by atoms with Gasteiger partial charge in [0, 0.05) is 11.5 Å². The van der Waals surface area contributed by atoms with Gasteiger partial charge < -0.3 is 4.74 Å². The molecule has 3 rings (SSSR count). The standard InChI is InChI=1S/C27H35NO4S/c1-19-15-17-22(18-16-19)33(30,31)28-25(27(3,4)5)20(2)26(29)32-24-14-10-9-13-23(24)21-11-7-6-8-12-21/h6-8,11-12,15-18,23-25,28H,2,9-10,13-14H2,1,3-5H3/t23-,24+,25+/m0/s1. The lowest BCUT2D eigenvalue weighted by atomic mass is 9.81. The van der Waals surface area contributed by atoms with Gasteiger partial charge in [-0.05, 0) is 49.3 Å². The van der Waals surface area contributed by atoms with Crippen LogP contribution in [0.5, 0.6) is 0 Å². The first-order chi connectivity index (χ1) is 15.5. The van der Waals surface area contributed by atoms with Gasteiger partial charge in [-0.1, -0.05) is 81.8 Å². The largest absolute Gasteiger partial charge is 0.458 e. The molecule has 2 aromatic carbocycles. The monoisotopic (exact) mass is 469 g/mol. The van der Waals surface area contributed by atoms with Crippen LogP contribution in [0, 0.1) is 12.3 Å². The van der Waals surface area contributed by atoms with Gasteiger partial charge in [-0.15, -0.1) is 0 Å². The predicted molar refractivity (Wildman–Crippen MR) is 131 cm³/mol. The number of esters is 1. The van der Waals surface area contributed by atoms with Crippen molar-refractivity contribution in [2.75, 3.05) is 0 Å². The van der Waals surface area contributed by atoms with Gasteiger partial charge in [-0.2, -0.15) is 0 Å². The van der Waals surface area contributed by atoms with Crippen molar-refractivity contribution in [3.05, 3.63) is 77.9 Å². The van der Waals surface area contributed by atoms with E-state index in [1.165, 1.54) is 0 Å². The molecule has 1 aliphatic rings. The number of carbonyl (C=O) groups is 1. The van der Waals surface area contributed by atoms with Crippen molar-refractivity contribution >= 4 is 16.0 Å². The Kier molecular flexibility index (Phi) is 7.80. The maximum Gasteiger partial charge on any atom is 0.335 e. The van der Waals surface area contributed by atoms with Crippen LogP contribution in [0.2, 0.25) is 0 Å². The average molecular weight is 470 g/mol. The highest BCUT2D eigenvalue weighted by Crippen LogP contribution is 2.36. The average Bonchev–Trinajstić information content (AvgIpc) is 2.77. The van der Waals surface area contributed by atoms with E-state index in [-0.39, 0.29) is 22.5 Å². The third-order valence-corrected chi connectivity index (χ3v) is 7.71. The van der Waals surface area contributed by atoms with Crippen LogP contribution in [-0.2, 0) is 19.6 Å². The molecular formula is C27H35NO4S. The van der Waals surface area contributed by atoms with E-state index < -0.39 is 27.4 Å². The summed E-state index contributed by atoms with van der Waals surface area (Å²) in [5.41, 5.74) is 1.66. The summed E-state index contributed by atoms with van der Waals surface area (Å²) in [6.45, 7) is 11.5. The van der Waals surface area contributed by atoms with Gasteiger partial charge >= 0.3 is 5.97 Å². The normalized spacial score (nSPS) is 20.1. The Morgan fingerprint density at radius 3 is 2.24 bits per heavy atom. The maximum atomic E-state index is 13.2. The fourth-order valence-corrected chi connectivity index (χ4v) is 5.80. The Morgan fingerprint density at radius 2 is 1.64 bits per heavy atom. The van der Waals surface area contributed by atoms with Crippen molar-refractivity contribution in [2.45, 2.75) is 76.3 Å². The molecule has 5 nitrogen and oxygen atoms in total. The molecule has 0 radical (unpaired) electrons. The number of rotatable bonds is 7. The SMILES string of the molecule is C=C(C(=O)O[C@@H]1CCCC[C@H]1c1ccccc1)[C@@H](NS(=O)(=O)c1ccc(C)cc1)C(C)(C)C. The van der Waals surface area contributed by atoms with Gasteiger partial charge in [0.2, 0.25) is 10.0 Å². The number of nitrogens with one attached hydrogen (secondary N) is 1. The van der Waals surface area contributed by atoms with Crippen molar-refractivity contribution in [3.8, 4) is 0 Å². The van der Waals surface area contributed by atoms with Gasteiger partial charge in [0.15, 0.2) is 0 Å². The number of ether oxygens (including phenoxy) is 1. The first-order valence-corrected chi connectivity index (χ1v) is 13.0. The molecule has 0 bridgehead atoms. The Balaban J connectivity index is 1.79. The van der Waals surface area contributed by atoms with E-state index in [1.54, 1.807) is 24.3 Å². The van der Waals surface area contributed by atoms with Gasteiger partial charge in [-0.3, -0.25) is 0 Å². The second-order valence-corrected chi connectivity index (χ2v) is 11.7. The molecule has 6 heteroatoms. The first kappa shape index (κ1) is 25.2. The second kappa shape index (κ2) is 10.2. The fourth-order valence-electron chi connectivity index (χ4n) is 4.36. The van der Waals surface area contributed by atoms with Crippen LogP contribution < -0.4 is 4.72 Å². The highest BCUT2D eigenvalue weighted by atomic mass is 32.2. The maximum absolute atomic E-state index is 13.2. The summed E-state index contributed by atoms with van der Waals surface area (Å²) in [6.07, 6.45) is 3.58. The molecule has 0 amide bonds. The summed E-state index contributed by atoms with van der Waals surface area (Å²) in [5, 5.41) is 0. The summed E-state index contributed by atoms with van der Waals surface area (Å²) in [6, 6.07) is 15.9. The topological polar surface area (TPSA) is 72.5 Å². The zero-order valence-electron chi connectivity index (χ0n) is 20.0. The van der Waals surface area contributed by atoms with Crippen LogP contribution >= 0.6 is 0 Å². The molecule has 0 spiro atoms. The zero-order valence-corrected chi connectivity index (χ0v) is 20.8. The third-order valence-electron chi connectivity index (χ3n) is 6.27. The van der Waals surface area contributed by atoms with Crippen LogP contribution in [0.4, 0.5) is 0 Å². The lowest BCUT2D eigenvalue weighted by Crippen LogP contribution is -2.47. The molecule has 0 unspecified atom stereocenters. The molecule has 1 aliphatic carbocycles. The number of benzene rings is 2. The number of hydrogen-bond acceptors (Lipinski definition) is 4. The van der Waals surface area contributed by atoms with E-state index in [1.807, 2.05) is 45.9 Å². The number of sulfonamides is 1. The van der Waals surface area contributed by atoms with E-state index in [4.69, 9.17) is 4.74 Å². The molecule has 3 atom stereocenters. The Bertz CT molecular complexity index is 1070. The van der Waals surface area contributed by atoms with Gasteiger partial charge in [0.1, 0.15) is 6.10 Å². The van der Waals surface area contributed by atoms with E-state index in [0.29, 0.717) is 0 Å². The predicted octanol–water partition coefficient (Wildman–Crippen LogP) is 5.51. The number of aryl methyl sites for hydroxylation is 1. The molecule has 0 aliphatic heterocycles. The molecule has 33 heavy (non-hydrogen) atoms. The molecule has 0 aromatic heterocycles. The van der Waals surface area contributed by atoms with Crippen molar-refractivity contribution < 1.29 is 17.9 Å². The molecule has 2 aromatic rings. The van der Waals surface area contributed by atoms with Crippen molar-refractivity contribution in [3.63, 3.8) is 0 Å². The van der Waals surface area contributed by atoms with Crippen LogP contribution in [0.25, 0.3) is 0 Å². The minimum Gasteiger partial charge on any atom is -0.458 e. The van der Waals surface area contributed by atoms with Crippen molar-refractivity contribution in [1.29, 1.82) is 0 Å². The van der Waals surface area contributed by atoms with Crippen LogP contribution in [-0.4, -0.2) is 26.5 Å². The quantitative estimate of drug-likeness (QED) is 0.428. The number of hydrogen-bond donors (Lipinski definition) is 1. The Hall–Kier alpha value is -2.44. The highest BCUT2D eigenvalue weighted by Gasteiger charge is 2.37. The minimum absolute atomic E-state index is 0.121. The minimum atomic E-state index is -3.84. The van der Waals surface area contributed by atoms with E-state index in [2.05, 4.69) is 23.4 Å². The molecular weight excluding hydrogens is 434 g/mol. The smallest absolute Gasteiger partial charge is 0.335 e. The zero-order chi connectivity index (χ0) is 24.2. The van der Waals surface area contributed by atoms with E-state index >= 15 is 0 Å². The van der Waals surface area contributed by atoms with Crippen LogP contribution in [0.3, 0.4) is 0 Å².